The third-order valence-corrected chi connectivity index (χ3v) is 1.94. The highest BCUT2D eigenvalue weighted by Crippen LogP contribution is 2.19. The molecule has 0 aliphatic carbocycles. The van der Waals surface area contributed by atoms with Crippen molar-refractivity contribution in [1.29, 1.82) is 0 Å². The zero-order valence-corrected chi connectivity index (χ0v) is 10.3. The van der Waals surface area contributed by atoms with Crippen molar-refractivity contribution in [3.63, 3.8) is 0 Å². The Bertz CT molecular complexity index is 454. The second-order valence-electron chi connectivity index (χ2n) is 2.53. The van der Waals surface area contributed by atoms with E-state index < -0.39 is 10.3 Å². The Kier molecular flexibility index (Phi) is 6.11. The minimum Gasteiger partial charge on any atom is -0.274 e. The molecule has 0 radical (unpaired) electrons. The molecule has 1 rings (SSSR count). The third-order valence-electron chi connectivity index (χ3n) is 1.33. The van der Waals surface area contributed by atoms with E-state index in [1.54, 1.807) is 18.2 Å². The number of benzene rings is 1. The lowest BCUT2D eigenvalue weighted by Crippen LogP contribution is -2.08. The molecule has 9 heteroatoms. The van der Waals surface area contributed by atoms with Gasteiger partial charge in [-0.2, -0.15) is 8.42 Å². The van der Waals surface area contributed by atoms with E-state index in [4.69, 9.17) is 13.0 Å². The Balaban J connectivity index is 0.000000385. The fourth-order valence-corrected chi connectivity index (χ4v) is 1.28. The molecule has 0 aliphatic rings. The van der Waals surface area contributed by atoms with Gasteiger partial charge >= 0.3 is 10.3 Å². The average molecular weight is 313 g/mol. The summed E-state index contributed by atoms with van der Waals surface area (Å²) in [6.07, 6.45) is 0. The van der Waals surface area contributed by atoms with Crippen LogP contribution < -0.4 is 5.14 Å². The first-order valence-electron chi connectivity index (χ1n) is 3.79. The minimum absolute atomic E-state index is 0.171. The molecule has 90 valence electrons. The summed E-state index contributed by atoms with van der Waals surface area (Å²) >= 11 is 3.17. The molecule has 0 spiro atoms. The normalized spacial score (nSPS) is 10.2. The molecular formula is C7H9BrN2O5S. The highest BCUT2D eigenvalue weighted by molar-refractivity contribution is 9.08. The smallest absolute Gasteiger partial charge is 0.274 e. The molecule has 0 unspecified atom stereocenters. The molecule has 7 nitrogen and oxygen atoms in total. The fourth-order valence-electron chi connectivity index (χ4n) is 0.802. The van der Waals surface area contributed by atoms with Gasteiger partial charge in [0.1, 0.15) is 0 Å². The van der Waals surface area contributed by atoms with Crippen LogP contribution in [0.1, 0.15) is 5.56 Å². The number of para-hydroxylation sites is 1. The summed E-state index contributed by atoms with van der Waals surface area (Å²) < 4.78 is 25.2. The van der Waals surface area contributed by atoms with E-state index in [0.717, 1.165) is 0 Å². The Morgan fingerprint density at radius 2 is 1.88 bits per heavy atom. The van der Waals surface area contributed by atoms with Crippen LogP contribution in [0, 0.1) is 10.1 Å². The van der Waals surface area contributed by atoms with E-state index in [9.17, 15) is 10.1 Å². The Labute approximate surface area is 100 Å². The van der Waals surface area contributed by atoms with Gasteiger partial charge in [-0.15, -0.1) is 0 Å². The van der Waals surface area contributed by atoms with Crippen molar-refractivity contribution < 1.29 is 17.9 Å². The van der Waals surface area contributed by atoms with Gasteiger partial charge in [0.15, 0.2) is 0 Å². The van der Waals surface area contributed by atoms with Crippen LogP contribution in [-0.4, -0.2) is 17.9 Å². The van der Waals surface area contributed by atoms with Crippen molar-refractivity contribution in [2.75, 3.05) is 0 Å². The molecule has 0 aliphatic heterocycles. The number of nitro groups is 1. The Morgan fingerprint density at radius 1 is 1.44 bits per heavy atom. The van der Waals surface area contributed by atoms with Crippen LogP contribution in [0.2, 0.25) is 0 Å². The van der Waals surface area contributed by atoms with E-state index in [1.807, 2.05) is 0 Å². The maximum atomic E-state index is 10.4. The molecule has 3 N–H and O–H groups in total. The van der Waals surface area contributed by atoms with Gasteiger partial charge in [0.05, 0.1) is 4.92 Å². The lowest BCUT2D eigenvalue weighted by atomic mass is 10.2. The average Bonchev–Trinajstić information content (AvgIpc) is 2.15. The van der Waals surface area contributed by atoms with E-state index in [-0.39, 0.29) is 10.6 Å². The quantitative estimate of drug-likeness (QED) is 0.368. The first-order valence-corrected chi connectivity index (χ1v) is 6.41. The lowest BCUT2D eigenvalue weighted by molar-refractivity contribution is -0.385. The highest BCUT2D eigenvalue weighted by Gasteiger charge is 2.09. The summed E-state index contributed by atoms with van der Waals surface area (Å²) in [6, 6.07) is 6.66. The molecular weight excluding hydrogens is 304 g/mol. The highest BCUT2D eigenvalue weighted by atomic mass is 79.9. The zero-order valence-electron chi connectivity index (χ0n) is 7.91. The summed E-state index contributed by atoms with van der Waals surface area (Å²) in [5.41, 5.74) is 0.877. The summed E-state index contributed by atoms with van der Waals surface area (Å²) in [4.78, 5) is 9.99. The monoisotopic (exact) mass is 312 g/mol. The van der Waals surface area contributed by atoms with Crippen molar-refractivity contribution in [1.82, 2.24) is 0 Å². The summed E-state index contributed by atoms with van der Waals surface area (Å²) in [7, 11) is -4.17. The van der Waals surface area contributed by atoms with Gasteiger partial charge in [-0.3, -0.25) is 14.7 Å². The fraction of sp³-hybridized carbons (Fsp3) is 0.143. The number of nitrogens with two attached hydrogens (primary N) is 1. The van der Waals surface area contributed by atoms with Crippen LogP contribution in [0.4, 0.5) is 5.69 Å². The van der Waals surface area contributed by atoms with Crippen molar-refractivity contribution in [3.05, 3.63) is 39.9 Å². The van der Waals surface area contributed by atoms with Crippen molar-refractivity contribution in [2.24, 2.45) is 5.14 Å². The van der Waals surface area contributed by atoms with Crippen LogP contribution in [0.15, 0.2) is 24.3 Å². The second-order valence-corrected chi connectivity index (χ2v) is 4.13. The molecule has 0 aromatic heterocycles. The predicted molar refractivity (Wildman–Crippen MR) is 61.5 cm³/mol. The van der Waals surface area contributed by atoms with E-state index >= 15 is 0 Å². The molecule has 0 bridgehead atoms. The van der Waals surface area contributed by atoms with Crippen molar-refractivity contribution in [3.8, 4) is 0 Å². The van der Waals surface area contributed by atoms with E-state index in [0.29, 0.717) is 10.9 Å². The number of halogens is 1. The van der Waals surface area contributed by atoms with Gasteiger partial charge in [0.25, 0.3) is 5.69 Å². The largest absolute Gasteiger partial charge is 0.330 e. The maximum Gasteiger partial charge on any atom is 0.330 e. The number of rotatable bonds is 2. The molecule has 0 saturated carbocycles. The van der Waals surface area contributed by atoms with E-state index in [2.05, 4.69) is 21.1 Å². The number of nitro benzene ring substituents is 1. The van der Waals surface area contributed by atoms with Gasteiger partial charge < -0.3 is 0 Å². The van der Waals surface area contributed by atoms with Crippen LogP contribution in [0.5, 0.6) is 0 Å². The van der Waals surface area contributed by atoms with Gasteiger partial charge in [0.2, 0.25) is 0 Å². The lowest BCUT2D eigenvalue weighted by Gasteiger charge is -1.95. The molecule has 0 fully saturated rings. The first-order chi connectivity index (χ1) is 7.25. The van der Waals surface area contributed by atoms with Gasteiger partial charge in [-0.25, -0.2) is 5.14 Å². The topological polar surface area (TPSA) is 124 Å². The van der Waals surface area contributed by atoms with Crippen molar-refractivity contribution >= 4 is 31.9 Å². The van der Waals surface area contributed by atoms with Crippen LogP contribution >= 0.6 is 15.9 Å². The van der Waals surface area contributed by atoms with Gasteiger partial charge in [-0.1, -0.05) is 34.1 Å². The number of alkyl halides is 1. The molecule has 1 aromatic carbocycles. The molecule has 1 aromatic rings. The SMILES string of the molecule is NS(=O)(=O)O.O=[N+]([O-])c1ccccc1CBr. The summed E-state index contributed by atoms with van der Waals surface area (Å²) in [5, 5.41) is 14.8. The number of hydrogen-bond donors (Lipinski definition) is 2. The molecule has 16 heavy (non-hydrogen) atoms. The summed E-state index contributed by atoms with van der Waals surface area (Å²) in [5.74, 6) is 0. The Hall–Kier alpha value is -1.03. The van der Waals surface area contributed by atoms with E-state index in [1.165, 1.54) is 6.07 Å². The number of hydrogen-bond acceptors (Lipinski definition) is 4. The third kappa shape index (κ3) is 7.29. The molecule has 0 atom stereocenters. The zero-order chi connectivity index (χ0) is 12.8. The predicted octanol–water partition coefficient (Wildman–Crippen LogP) is 1.24. The second kappa shape index (κ2) is 6.53. The first kappa shape index (κ1) is 15.0. The van der Waals surface area contributed by atoms with Crippen LogP contribution in [-0.2, 0) is 15.6 Å². The van der Waals surface area contributed by atoms with Gasteiger partial charge in [0, 0.05) is 17.0 Å². The van der Waals surface area contributed by atoms with Crippen LogP contribution in [0.25, 0.3) is 0 Å². The molecule has 0 amide bonds. The van der Waals surface area contributed by atoms with Crippen LogP contribution in [0.3, 0.4) is 0 Å². The molecule has 0 saturated heterocycles. The Morgan fingerprint density at radius 3 is 2.19 bits per heavy atom. The molecule has 0 heterocycles. The minimum atomic E-state index is -4.17. The standard InChI is InChI=1S/C7H6BrNO2.H3NO3S/c8-5-6-3-1-2-4-7(6)9(10)11;1-5(2,3)4/h1-4H,5H2;(H3,1,2,3,4). The van der Waals surface area contributed by atoms with Crippen molar-refractivity contribution in [2.45, 2.75) is 5.33 Å². The number of nitrogens with zero attached hydrogens (tertiary/aromatic N) is 1. The summed E-state index contributed by atoms with van der Waals surface area (Å²) in [6.45, 7) is 0. The van der Waals surface area contributed by atoms with Gasteiger partial charge in [-0.05, 0) is 0 Å². The maximum absolute atomic E-state index is 10.4.